The molecule has 202 valence electrons. The number of halogens is 7. The number of nitrogens with zero attached hydrogens (tertiary/aromatic N) is 4. The van der Waals surface area contributed by atoms with E-state index in [0.29, 0.717) is 9.25 Å². The van der Waals surface area contributed by atoms with Crippen LogP contribution in [0, 0.1) is 11.3 Å². The van der Waals surface area contributed by atoms with Crippen LogP contribution in [0.25, 0.3) is 11.4 Å². The lowest BCUT2D eigenvalue weighted by molar-refractivity contribution is -0.207. The van der Waals surface area contributed by atoms with Gasteiger partial charge in [0.15, 0.2) is 17.7 Å². The minimum Gasteiger partial charge on any atom is -0.382 e. The highest BCUT2D eigenvalue weighted by Gasteiger charge is 2.40. The molecule has 0 spiro atoms. The highest BCUT2D eigenvalue weighted by atomic mass is 35.5. The zero-order valence-corrected chi connectivity index (χ0v) is 20.3. The number of aliphatic hydroxyl groups excluding tert-OH is 1. The van der Waals surface area contributed by atoms with Crippen LogP contribution >= 0.6 is 11.6 Å². The maximum Gasteiger partial charge on any atom is 0.416 e. The minimum atomic E-state index is -5.05. The number of hydrogen-bond donors (Lipinski definition) is 1. The quantitative estimate of drug-likeness (QED) is 0.401. The number of alkyl halides is 6. The van der Waals surface area contributed by atoms with Crippen molar-refractivity contribution in [2.24, 2.45) is 0 Å². The Morgan fingerprint density at radius 1 is 1.11 bits per heavy atom. The average Bonchev–Trinajstić information content (AvgIpc) is 3.13. The molecule has 14 heteroatoms. The number of nitriles is 1. The third-order valence-corrected chi connectivity index (χ3v) is 5.96. The predicted octanol–water partition coefficient (Wildman–Crippen LogP) is 4.75. The number of aromatic nitrogens is 3. The number of benzene rings is 2. The third-order valence-electron chi connectivity index (χ3n) is 5.71. The zero-order valence-electron chi connectivity index (χ0n) is 19.5. The van der Waals surface area contributed by atoms with Gasteiger partial charge in [-0.15, -0.1) is 5.10 Å². The summed E-state index contributed by atoms with van der Waals surface area (Å²) in [7, 11) is 0. The van der Waals surface area contributed by atoms with Crippen molar-refractivity contribution in [3.8, 4) is 17.5 Å². The van der Waals surface area contributed by atoms with Crippen molar-refractivity contribution in [1.82, 2.24) is 14.3 Å². The highest BCUT2D eigenvalue weighted by Crippen LogP contribution is 2.34. The van der Waals surface area contributed by atoms with Crippen LogP contribution in [0.3, 0.4) is 0 Å². The van der Waals surface area contributed by atoms with Gasteiger partial charge in [-0.25, -0.2) is 9.48 Å². The van der Waals surface area contributed by atoms with E-state index in [9.17, 15) is 46.3 Å². The molecule has 3 rings (SSSR count). The van der Waals surface area contributed by atoms with Gasteiger partial charge in [0.25, 0.3) is 0 Å². The topological polar surface area (TPSA) is 101 Å². The molecule has 0 radical (unpaired) electrons. The fraction of sp³-hybridized carbons (Fsp3) is 0.333. The van der Waals surface area contributed by atoms with Crippen molar-refractivity contribution >= 4 is 17.4 Å². The van der Waals surface area contributed by atoms with Crippen LogP contribution in [0.15, 0.2) is 53.3 Å². The van der Waals surface area contributed by atoms with Gasteiger partial charge < -0.3 is 5.11 Å². The summed E-state index contributed by atoms with van der Waals surface area (Å²) in [5.41, 5.74) is -3.80. The Bertz CT molecular complexity index is 1420. The molecule has 0 aliphatic heterocycles. The van der Waals surface area contributed by atoms with Gasteiger partial charge in [0.05, 0.1) is 23.6 Å². The van der Waals surface area contributed by atoms with E-state index in [4.69, 9.17) is 11.6 Å². The van der Waals surface area contributed by atoms with Crippen LogP contribution in [0.5, 0.6) is 0 Å². The first-order valence-electron chi connectivity index (χ1n) is 10.8. The minimum absolute atomic E-state index is 0.0868. The molecule has 0 amide bonds. The number of aliphatic hydroxyl groups is 1. The van der Waals surface area contributed by atoms with E-state index in [2.05, 4.69) is 5.10 Å². The van der Waals surface area contributed by atoms with E-state index in [1.807, 2.05) is 6.07 Å². The number of rotatable bonds is 8. The van der Waals surface area contributed by atoms with Crippen LogP contribution in [0.2, 0.25) is 5.02 Å². The van der Waals surface area contributed by atoms with E-state index in [1.165, 1.54) is 37.3 Å². The molecule has 0 saturated heterocycles. The molecule has 3 aromatic rings. The molecule has 1 aromatic heterocycles. The molecule has 1 heterocycles. The van der Waals surface area contributed by atoms with Crippen LogP contribution in [-0.4, -0.2) is 37.5 Å². The SMILES string of the molecule is C[C@@](C#N)(CC(=O)Cn1nc(-c2ccc(Cl)cc2)n(C[C@H](O)C(F)(F)F)c1=O)c1cccc(C(F)(F)F)c1. The molecule has 1 N–H and O–H groups in total. The smallest absolute Gasteiger partial charge is 0.382 e. The van der Waals surface area contributed by atoms with Gasteiger partial charge in [-0.1, -0.05) is 29.8 Å². The Morgan fingerprint density at radius 3 is 2.26 bits per heavy atom. The Morgan fingerprint density at radius 2 is 1.71 bits per heavy atom. The lowest BCUT2D eigenvalue weighted by Gasteiger charge is -2.22. The van der Waals surface area contributed by atoms with Crippen molar-refractivity contribution in [3.63, 3.8) is 0 Å². The van der Waals surface area contributed by atoms with E-state index in [-0.39, 0.29) is 22.0 Å². The third kappa shape index (κ3) is 6.43. The van der Waals surface area contributed by atoms with Crippen molar-refractivity contribution in [1.29, 1.82) is 5.26 Å². The number of ketones is 1. The Labute approximate surface area is 216 Å². The highest BCUT2D eigenvalue weighted by molar-refractivity contribution is 6.30. The number of Topliss-reactive ketones (excluding diaryl/α,β-unsaturated/α-hetero) is 1. The van der Waals surface area contributed by atoms with Crippen LogP contribution in [0.4, 0.5) is 26.3 Å². The summed E-state index contributed by atoms with van der Waals surface area (Å²) in [5, 5.41) is 23.5. The summed E-state index contributed by atoms with van der Waals surface area (Å²) in [6, 6.07) is 11.2. The Balaban J connectivity index is 1.95. The molecule has 0 unspecified atom stereocenters. The molecule has 2 atom stereocenters. The summed E-state index contributed by atoms with van der Waals surface area (Å²) >= 11 is 5.83. The molecule has 0 bridgehead atoms. The first-order valence-corrected chi connectivity index (χ1v) is 11.2. The van der Waals surface area contributed by atoms with Gasteiger partial charge >= 0.3 is 18.0 Å². The Kier molecular flexibility index (Phi) is 8.09. The molecule has 0 fully saturated rings. The van der Waals surface area contributed by atoms with E-state index in [0.717, 1.165) is 18.2 Å². The standard InChI is InChI=1S/C24H19ClF6N4O3/c1-22(13-32,15-3-2-4-16(9-15)23(26,27)28)10-18(36)11-35-21(38)34(12-19(37)24(29,30)31)20(33-35)14-5-7-17(25)8-6-14/h2-9,19,37H,10-12H2,1H3/t19-,22-/m0/s1. The summed E-state index contributed by atoms with van der Waals surface area (Å²) in [5.74, 6) is -1.08. The number of carbonyl (C=O) groups excluding carboxylic acids is 1. The summed E-state index contributed by atoms with van der Waals surface area (Å²) < 4.78 is 79.5. The Hall–Kier alpha value is -3.63. The molecular weight excluding hydrogens is 542 g/mol. The summed E-state index contributed by atoms with van der Waals surface area (Å²) in [6.07, 6.45) is -13.3. The van der Waals surface area contributed by atoms with Gasteiger partial charge in [0, 0.05) is 17.0 Å². The van der Waals surface area contributed by atoms with Crippen molar-refractivity contribution in [3.05, 3.63) is 75.2 Å². The second-order valence-electron chi connectivity index (χ2n) is 8.68. The lowest BCUT2D eigenvalue weighted by atomic mass is 9.79. The van der Waals surface area contributed by atoms with Crippen LogP contribution in [-0.2, 0) is 29.5 Å². The zero-order chi connectivity index (χ0) is 28.5. The second kappa shape index (κ2) is 10.6. The largest absolute Gasteiger partial charge is 0.416 e. The van der Waals surface area contributed by atoms with Gasteiger partial charge in [0.2, 0.25) is 0 Å². The fourth-order valence-electron chi connectivity index (χ4n) is 3.66. The molecule has 0 aliphatic rings. The molecular formula is C24H19ClF6N4O3. The normalized spacial score (nSPS) is 14.5. The predicted molar refractivity (Wildman–Crippen MR) is 123 cm³/mol. The fourth-order valence-corrected chi connectivity index (χ4v) is 3.79. The van der Waals surface area contributed by atoms with E-state index < -0.39 is 60.4 Å². The first-order chi connectivity index (χ1) is 17.5. The van der Waals surface area contributed by atoms with Crippen molar-refractivity contribution in [2.45, 2.75) is 50.3 Å². The summed E-state index contributed by atoms with van der Waals surface area (Å²) in [6.45, 7) is -0.750. The number of carbonyl (C=O) groups is 1. The molecule has 0 aliphatic carbocycles. The average molecular weight is 561 g/mol. The van der Waals surface area contributed by atoms with Gasteiger partial charge in [-0.3, -0.25) is 9.36 Å². The van der Waals surface area contributed by atoms with Crippen molar-refractivity contribution in [2.75, 3.05) is 0 Å². The van der Waals surface area contributed by atoms with Gasteiger partial charge in [-0.2, -0.15) is 31.6 Å². The second-order valence-corrected chi connectivity index (χ2v) is 9.11. The monoisotopic (exact) mass is 560 g/mol. The van der Waals surface area contributed by atoms with E-state index >= 15 is 0 Å². The summed E-state index contributed by atoms with van der Waals surface area (Å²) in [4.78, 5) is 25.8. The van der Waals surface area contributed by atoms with Crippen molar-refractivity contribution < 1.29 is 36.2 Å². The molecule has 2 aromatic carbocycles. The maximum atomic E-state index is 13.1. The van der Waals surface area contributed by atoms with E-state index in [1.54, 1.807) is 0 Å². The lowest BCUT2D eigenvalue weighted by Crippen LogP contribution is -2.37. The van der Waals surface area contributed by atoms with Crippen LogP contribution < -0.4 is 5.69 Å². The molecule has 7 nitrogen and oxygen atoms in total. The van der Waals surface area contributed by atoms with Crippen LogP contribution in [0.1, 0.15) is 24.5 Å². The van der Waals surface area contributed by atoms with Gasteiger partial charge in [0.1, 0.15) is 6.54 Å². The molecule has 38 heavy (non-hydrogen) atoms. The number of hydrogen-bond acceptors (Lipinski definition) is 5. The van der Waals surface area contributed by atoms with Gasteiger partial charge in [-0.05, 0) is 42.8 Å². The maximum absolute atomic E-state index is 13.1. The molecule has 0 saturated carbocycles. The first kappa shape index (κ1) is 28.9.